The third kappa shape index (κ3) is 3.77. The molecule has 1 atom stereocenters. The van der Waals surface area contributed by atoms with E-state index in [1.807, 2.05) is 0 Å². The quantitative estimate of drug-likeness (QED) is 0.509. The third-order valence-corrected chi connectivity index (χ3v) is 2.84. The lowest BCUT2D eigenvalue weighted by Gasteiger charge is -2.09. The van der Waals surface area contributed by atoms with Crippen LogP contribution in [0.25, 0.3) is 0 Å². The van der Waals surface area contributed by atoms with Crippen LogP contribution in [0.5, 0.6) is 0 Å². The number of carbonyl (C=O) groups excluding carboxylic acids is 1. The van der Waals surface area contributed by atoms with Crippen LogP contribution in [-0.4, -0.2) is 46.3 Å². The Morgan fingerprint density at radius 1 is 1.59 bits per heavy atom. The zero-order chi connectivity index (χ0) is 12.8. The maximum Gasteiger partial charge on any atom is 0.328 e. The van der Waals surface area contributed by atoms with Crippen LogP contribution in [0.3, 0.4) is 0 Å². The van der Waals surface area contributed by atoms with Crippen molar-refractivity contribution >= 4 is 23.2 Å². The van der Waals surface area contributed by atoms with Crippen molar-refractivity contribution < 1.29 is 19.8 Å². The number of hydrogen-bond donors (Lipinski definition) is 4. The minimum Gasteiger partial charge on any atom is -0.480 e. The van der Waals surface area contributed by atoms with Crippen molar-refractivity contribution in [1.29, 1.82) is 0 Å². The molecular weight excluding hydrogens is 246 g/mol. The molecule has 7 nitrogen and oxygen atoms in total. The Bertz CT molecular complexity index is 407. The van der Waals surface area contributed by atoms with Crippen LogP contribution >= 0.6 is 11.3 Å². The van der Waals surface area contributed by atoms with Gasteiger partial charge in [0.25, 0.3) is 5.91 Å². The van der Waals surface area contributed by atoms with E-state index >= 15 is 0 Å². The monoisotopic (exact) mass is 259 g/mol. The molecule has 1 rings (SSSR count). The average Bonchev–Trinajstić information content (AvgIpc) is 2.74. The van der Waals surface area contributed by atoms with Crippen molar-refractivity contribution in [3.63, 3.8) is 0 Å². The highest BCUT2D eigenvalue weighted by Crippen LogP contribution is 2.10. The molecule has 0 aliphatic carbocycles. The van der Waals surface area contributed by atoms with Crippen LogP contribution in [0.15, 0.2) is 5.38 Å². The van der Waals surface area contributed by atoms with E-state index < -0.39 is 24.5 Å². The highest BCUT2D eigenvalue weighted by molar-refractivity contribution is 7.09. The molecule has 0 saturated carbocycles. The highest BCUT2D eigenvalue weighted by Gasteiger charge is 2.20. The topological polar surface area (TPSA) is 126 Å². The fraction of sp³-hybridized carbons (Fsp3) is 0.444. The van der Waals surface area contributed by atoms with Crippen LogP contribution in [0.1, 0.15) is 15.5 Å². The van der Waals surface area contributed by atoms with Crippen molar-refractivity contribution in [1.82, 2.24) is 10.3 Å². The summed E-state index contributed by atoms with van der Waals surface area (Å²) < 4.78 is 0. The zero-order valence-electron chi connectivity index (χ0n) is 8.92. The Morgan fingerprint density at radius 3 is 2.82 bits per heavy atom. The summed E-state index contributed by atoms with van der Waals surface area (Å²) in [5.41, 5.74) is 5.48. The van der Waals surface area contributed by atoms with Crippen LogP contribution in [0, 0.1) is 0 Å². The van der Waals surface area contributed by atoms with E-state index in [0.29, 0.717) is 18.0 Å². The van der Waals surface area contributed by atoms with Gasteiger partial charge in [0.2, 0.25) is 0 Å². The van der Waals surface area contributed by atoms with Crippen molar-refractivity contribution in [3.8, 4) is 0 Å². The normalized spacial score (nSPS) is 12.1. The summed E-state index contributed by atoms with van der Waals surface area (Å²) in [5, 5.41) is 21.8. The first-order valence-corrected chi connectivity index (χ1v) is 5.75. The smallest absolute Gasteiger partial charge is 0.328 e. The number of aliphatic carboxylic acids is 1. The fourth-order valence-corrected chi connectivity index (χ4v) is 1.87. The molecule has 0 spiro atoms. The largest absolute Gasteiger partial charge is 0.480 e. The molecule has 0 saturated heterocycles. The van der Waals surface area contributed by atoms with Gasteiger partial charge in [0, 0.05) is 11.8 Å². The van der Waals surface area contributed by atoms with E-state index in [1.165, 1.54) is 16.7 Å². The van der Waals surface area contributed by atoms with E-state index in [4.69, 9.17) is 15.9 Å². The minimum absolute atomic E-state index is 0.137. The molecule has 1 amide bonds. The number of rotatable bonds is 6. The summed E-state index contributed by atoms with van der Waals surface area (Å²) in [6, 6.07) is -1.32. The van der Waals surface area contributed by atoms with E-state index in [-0.39, 0.29) is 5.69 Å². The first-order chi connectivity index (χ1) is 8.08. The highest BCUT2D eigenvalue weighted by atomic mass is 32.1. The third-order valence-electron chi connectivity index (χ3n) is 1.93. The molecule has 0 unspecified atom stereocenters. The molecule has 0 aliphatic heterocycles. The number of aliphatic hydroxyl groups is 1. The molecule has 94 valence electrons. The number of carboxylic acid groups (broad SMARTS) is 1. The molecule has 1 heterocycles. The van der Waals surface area contributed by atoms with Crippen molar-refractivity contribution in [2.75, 3.05) is 13.2 Å². The van der Waals surface area contributed by atoms with Crippen molar-refractivity contribution in [2.45, 2.75) is 12.5 Å². The van der Waals surface area contributed by atoms with Gasteiger partial charge in [-0.25, -0.2) is 9.78 Å². The summed E-state index contributed by atoms with van der Waals surface area (Å²) in [6.07, 6.45) is 0.570. The molecule has 0 bridgehead atoms. The van der Waals surface area contributed by atoms with E-state index in [2.05, 4.69) is 10.3 Å². The molecule has 1 aromatic heterocycles. The lowest BCUT2D eigenvalue weighted by Crippen LogP contribution is -2.43. The van der Waals surface area contributed by atoms with Crippen LogP contribution in [0.2, 0.25) is 0 Å². The van der Waals surface area contributed by atoms with Crippen LogP contribution < -0.4 is 11.1 Å². The minimum atomic E-state index is -1.32. The van der Waals surface area contributed by atoms with E-state index in [1.54, 1.807) is 0 Å². The summed E-state index contributed by atoms with van der Waals surface area (Å²) in [5.74, 6) is -1.91. The lowest BCUT2D eigenvalue weighted by atomic mass is 10.3. The van der Waals surface area contributed by atoms with E-state index in [0.717, 1.165) is 0 Å². The summed E-state index contributed by atoms with van der Waals surface area (Å²) in [7, 11) is 0. The van der Waals surface area contributed by atoms with Crippen LogP contribution in [0.4, 0.5) is 0 Å². The second kappa shape index (κ2) is 6.28. The molecule has 5 N–H and O–H groups in total. The Kier molecular flexibility index (Phi) is 5.01. The Hall–Kier alpha value is -1.51. The summed E-state index contributed by atoms with van der Waals surface area (Å²) >= 11 is 1.28. The van der Waals surface area contributed by atoms with Gasteiger partial charge in [-0.2, -0.15) is 0 Å². The number of nitrogens with one attached hydrogen (secondary N) is 1. The zero-order valence-corrected chi connectivity index (χ0v) is 9.74. The number of nitrogens with two attached hydrogens (primary N) is 1. The number of carbonyl (C=O) groups is 2. The maximum absolute atomic E-state index is 11.6. The summed E-state index contributed by atoms with van der Waals surface area (Å²) in [4.78, 5) is 26.2. The first kappa shape index (κ1) is 13.6. The van der Waals surface area contributed by atoms with Crippen molar-refractivity contribution in [3.05, 3.63) is 16.1 Å². The number of thiazole rings is 1. The van der Waals surface area contributed by atoms with E-state index in [9.17, 15) is 9.59 Å². The Labute approximate surface area is 101 Å². The van der Waals surface area contributed by atoms with Gasteiger partial charge in [0.1, 0.15) is 5.69 Å². The number of aliphatic hydroxyl groups excluding tert-OH is 1. The Morgan fingerprint density at radius 2 is 2.29 bits per heavy atom. The molecule has 0 radical (unpaired) electrons. The second-order valence-electron chi connectivity index (χ2n) is 3.21. The number of nitrogens with zero attached hydrogens (tertiary/aromatic N) is 1. The molecule has 17 heavy (non-hydrogen) atoms. The molecule has 0 fully saturated rings. The second-order valence-corrected chi connectivity index (χ2v) is 4.15. The first-order valence-electron chi connectivity index (χ1n) is 4.87. The standard InChI is InChI=1S/C9H13N3O4S/c10-2-1-7-11-6(4-17-7)8(14)12-5(3-13)9(15)16/h4-5,13H,1-3,10H2,(H,12,14)(H,15,16)/t5-/m1/s1. The SMILES string of the molecule is NCCc1nc(C(=O)N[C@H](CO)C(=O)O)cs1. The molecule has 0 aliphatic rings. The van der Waals surface area contributed by atoms with Gasteiger partial charge >= 0.3 is 5.97 Å². The van der Waals surface area contributed by atoms with Crippen molar-refractivity contribution in [2.24, 2.45) is 5.73 Å². The van der Waals surface area contributed by atoms with Gasteiger partial charge in [-0.1, -0.05) is 0 Å². The molecule has 1 aromatic rings. The van der Waals surface area contributed by atoms with Gasteiger partial charge < -0.3 is 21.3 Å². The molecular formula is C9H13N3O4S. The predicted molar refractivity (Wildman–Crippen MR) is 60.8 cm³/mol. The van der Waals surface area contributed by atoms with Gasteiger partial charge in [-0.3, -0.25) is 4.79 Å². The number of carboxylic acids is 1. The lowest BCUT2D eigenvalue weighted by molar-refractivity contribution is -0.140. The van der Waals surface area contributed by atoms with Crippen LogP contribution in [-0.2, 0) is 11.2 Å². The van der Waals surface area contributed by atoms with Gasteiger partial charge in [-0.15, -0.1) is 11.3 Å². The van der Waals surface area contributed by atoms with Gasteiger partial charge in [0.15, 0.2) is 6.04 Å². The molecule has 0 aromatic carbocycles. The van der Waals surface area contributed by atoms with Gasteiger partial charge in [0.05, 0.1) is 11.6 Å². The number of hydrogen-bond acceptors (Lipinski definition) is 6. The number of aromatic nitrogens is 1. The predicted octanol–water partition coefficient (Wildman–Crippen LogP) is -1.18. The Balaban J connectivity index is 2.65. The number of amides is 1. The van der Waals surface area contributed by atoms with Gasteiger partial charge in [-0.05, 0) is 6.54 Å². The average molecular weight is 259 g/mol. The fourth-order valence-electron chi connectivity index (χ4n) is 1.07. The molecule has 8 heteroatoms. The maximum atomic E-state index is 11.6. The summed E-state index contributed by atoms with van der Waals surface area (Å²) in [6.45, 7) is -0.232.